The second kappa shape index (κ2) is 12.9. The fraction of sp³-hybridized carbons (Fsp3) is 0.400. The van der Waals surface area contributed by atoms with Crippen LogP contribution in [0.5, 0.6) is 0 Å². The van der Waals surface area contributed by atoms with Gasteiger partial charge in [0.15, 0.2) is 0 Å². The highest BCUT2D eigenvalue weighted by atomic mass is 35.5. The number of nitrogens with zero attached hydrogens (tertiary/aromatic N) is 2. The van der Waals surface area contributed by atoms with Gasteiger partial charge in [0.2, 0.25) is 5.91 Å². The number of hydrogen-bond donors (Lipinski definition) is 3. The smallest absolute Gasteiger partial charge is 0.322 e. The number of rotatable bonds is 9. The van der Waals surface area contributed by atoms with Crippen LogP contribution in [0.3, 0.4) is 0 Å². The van der Waals surface area contributed by atoms with Crippen molar-refractivity contribution in [2.45, 2.75) is 24.1 Å². The van der Waals surface area contributed by atoms with Crippen LogP contribution in [0.2, 0.25) is 5.02 Å². The molecule has 1 saturated heterocycles. The third-order valence-corrected chi connectivity index (χ3v) is 6.67. The third kappa shape index (κ3) is 7.96. The van der Waals surface area contributed by atoms with Crippen LogP contribution in [0, 0.1) is 0 Å². The van der Waals surface area contributed by atoms with Crippen LogP contribution in [-0.2, 0) is 20.7 Å². The van der Waals surface area contributed by atoms with Crippen molar-refractivity contribution < 1.29 is 19.1 Å². The van der Waals surface area contributed by atoms with Gasteiger partial charge in [-0.1, -0.05) is 23.7 Å². The van der Waals surface area contributed by atoms with Gasteiger partial charge < -0.3 is 20.7 Å². The summed E-state index contributed by atoms with van der Waals surface area (Å²) >= 11 is 10.2. The number of piperazine rings is 1. The van der Waals surface area contributed by atoms with Crippen molar-refractivity contribution in [1.29, 1.82) is 0 Å². The van der Waals surface area contributed by atoms with E-state index in [4.69, 9.17) is 17.3 Å². The van der Waals surface area contributed by atoms with E-state index in [2.05, 4.69) is 27.6 Å². The van der Waals surface area contributed by atoms with Gasteiger partial charge in [0.25, 0.3) is 5.91 Å². The Bertz CT molecular complexity index is 1010. The van der Waals surface area contributed by atoms with Crippen LogP contribution < -0.4 is 11.1 Å². The number of halogens is 1. The van der Waals surface area contributed by atoms with Gasteiger partial charge in [0.1, 0.15) is 6.04 Å². The monoisotopic (exact) mass is 518 g/mol. The summed E-state index contributed by atoms with van der Waals surface area (Å²) in [6.07, 6.45) is 0.990. The lowest BCUT2D eigenvalue weighted by Gasteiger charge is -2.34. The number of ether oxygens (including phenoxy) is 1. The zero-order valence-corrected chi connectivity index (χ0v) is 21.3. The number of carbonyl (C=O) groups excluding carboxylic acids is 3. The fourth-order valence-corrected chi connectivity index (χ4v) is 4.23. The van der Waals surface area contributed by atoms with Gasteiger partial charge in [-0.25, -0.2) is 0 Å². The van der Waals surface area contributed by atoms with E-state index in [1.807, 2.05) is 29.2 Å². The van der Waals surface area contributed by atoms with Crippen LogP contribution in [-0.4, -0.2) is 78.7 Å². The summed E-state index contributed by atoms with van der Waals surface area (Å²) in [5.74, 6) is -1.01. The summed E-state index contributed by atoms with van der Waals surface area (Å²) in [5, 5.41) is 2.69. The van der Waals surface area contributed by atoms with Gasteiger partial charge in [-0.15, -0.1) is 0 Å². The van der Waals surface area contributed by atoms with Crippen molar-refractivity contribution in [2.75, 3.05) is 45.2 Å². The molecule has 0 saturated carbocycles. The van der Waals surface area contributed by atoms with Crippen molar-refractivity contribution in [3.63, 3.8) is 0 Å². The molecular weight excluding hydrogens is 488 g/mol. The molecule has 35 heavy (non-hydrogen) atoms. The van der Waals surface area contributed by atoms with Gasteiger partial charge in [-0.2, -0.15) is 12.6 Å². The molecule has 1 fully saturated rings. The van der Waals surface area contributed by atoms with E-state index in [0.29, 0.717) is 24.3 Å². The standard InChI is InChI=1S/C25H31ClN4O4S/c1-34-25(33)21(27)16-22(35)23(31)28-20-8-4-18(5-9-20)24(32)30-14-12-29(13-15-30)11-10-17-2-6-19(26)7-3-17/h2-9,21-22,35H,10-16,27H2,1H3,(H,28,31)/t21?,22-/m0/s1. The molecule has 2 atom stereocenters. The summed E-state index contributed by atoms with van der Waals surface area (Å²) in [4.78, 5) is 40.9. The van der Waals surface area contributed by atoms with Crippen molar-refractivity contribution in [3.8, 4) is 0 Å². The van der Waals surface area contributed by atoms with Gasteiger partial charge in [0, 0.05) is 49.0 Å². The van der Waals surface area contributed by atoms with Crippen LogP contribution in [0.25, 0.3) is 0 Å². The minimum Gasteiger partial charge on any atom is -0.468 e. The predicted molar refractivity (Wildman–Crippen MR) is 140 cm³/mol. The Balaban J connectivity index is 1.44. The Morgan fingerprint density at radius 2 is 1.69 bits per heavy atom. The molecular formula is C25H31ClN4O4S. The van der Waals surface area contributed by atoms with Crippen molar-refractivity contribution >= 4 is 47.7 Å². The van der Waals surface area contributed by atoms with E-state index in [0.717, 1.165) is 31.1 Å². The maximum atomic E-state index is 12.9. The van der Waals surface area contributed by atoms with Crippen molar-refractivity contribution in [2.24, 2.45) is 5.73 Å². The fourth-order valence-electron chi connectivity index (χ4n) is 3.81. The highest BCUT2D eigenvalue weighted by Crippen LogP contribution is 2.16. The summed E-state index contributed by atoms with van der Waals surface area (Å²) in [6, 6.07) is 13.7. The number of thiol groups is 1. The van der Waals surface area contributed by atoms with E-state index in [1.165, 1.54) is 12.7 Å². The maximum Gasteiger partial charge on any atom is 0.322 e. The topological polar surface area (TPSA) is 105 Å². The lowest BCUT2D eigenvalue weighted by molar-refractivity contribution is -0.142. The van der Waals surface area contributed by atoms with Crippen LogP contribution >= 0.6 is 24.2 Å². The van der Waals surface area contributed by atoms with E-state index >= 15 is 0 Å². The molecule has 3 rings (SSSR count). The number of nitrogens with one attached hydrogen (secondary N) is 1. The molecule has 8 nitrogen and oxygen atoms in total. The summed E-state index contributed by atoms with van der Waals surface area (Å²) in [5.41, 5.74) is 8.03. The molecule has 1 unspecified atom stereocenters. The molecule has 0 bridgehead atoms. The summed E-state index contributed by atoms with van der Waals surface area (Å²) < 4.78 is 4.56. The van der Waals surface area contributed by atoms with E-state index in [1.54, 1.807) is 24.3 Å². The third-order valence-electron chi connectivity index (χ3n) is 5.97. The highest BCUT2D eigenvalue weighted by Gasteiger charge is 2.24. The number of hydrogen-bond acceptors (Lipinski definition) is 7. The van der Waals surface area contributed by atoms with Gasteiger partial charge >= 0.3 is 5.97 Å². The molecule has 188 valence electrons. The molecule has 2 aromatic carbocycles. The molecule has 2 amide bonds. The average molecular weight is 519 g/mol. The van der Waals surface area contributed by atoms with Gasteiger partial charge in [-0.05, 0) is 54.8 Å². The second-order valence-corrected chi connectivity index (χ2v) is 9.52. The molecule has 1 aliphatic heterocycles. The minimum atomic E-state index is -0.925. The first kappa shape index (κ1) is 27.0. The molecule has 3 N–H and O–H groups in total. The molecule has 2 aromatic rings. The minimum absolute atomic E-state index is 0.0312. The number of methoxy groups -OCH3 is 1. The number of carbonyl (C=O) groups is 3. The Hall–Kier alpha value is -2.59. The van der Waals surface area contributed by atoms with Crippen LogP contribution in [0.1, 0.15) is 22.3 Å². The predicted octanol–water partition coefficient (Wildman–Crippen LogP) is 2.47. The zero-order chi connectivity index (χ0) is 25.4. The molecule has 0 spiro atoms. The number of nitrogens with two attached hydrogens (primary N) is 1. The molecule has 10 heteroatoms. The Morgan fingerprint density at radius 3 is 2.29 bits per heavy atom. The lowest BCUT2D eigenvalue weighted by Crippen LogP contribution is -2.49. The average Bonchev–Trinajstić information content (AvgIpc) is 2.88. The first-order chi connectivity index (χ1) is 16.8. The van der Waals surface area contributed by atoms with E-state index in [-0.39, 0.29) is 18.2 Å². The van der Waals surface area contributed by atoms with Gasteiger partial charge in [-0.3, -0.25) is 19.3 Å². The Morgan fingerprint density at radius 1 is 1.06 bits per heavy atom. The molecule has 0 aromatic heterocycles. The van der Waals surface area contributed by atoms with Gasteiger partial charge in [0.05, 0.1) is 12.4 Å². The number of benzene rings is 2. The van der Waals surface area contributed by atoms with Crippen molar-refractivity contribution in [3.05, 3.63) is 64.7 Å². The number of esters is 1. The van der Waals surface area contributed by atoms with E-state index < -0.39 is 17.3 Å². The van der Waals surface area contributed by atoms with Crippen LogP contribution in [0.15, 0.2) is 48.5 Å². The number of amides is 2. The largest absolute Gasteiger partial charge is 0.468 e. The zero-order valence-electron chi connectivity index (χ0n) is 19.7. The molecule has 1 aliphatic rings. The normalized spacial score (nSPS) is 15.8. The number of anilines is 1. The first-order valence-corrected chi connectivity index (χ1v) is 12.3. The van der Waals surface area contributed by atoms with E-state index in [9.17, 15) is 14.4 Å². The van der Waals surface area contributed by atoms with Crippen LogP contribution in [0.4, 0.5) is 5.69 Å². The summed E-state index contributed by atoms with van der Waals surface area (Å²) in [7, 11) is 1.24. The van der Waals surface area contributed by atoms with Crippen molar-refractivity contribution in [1.82, 2.24) is 9.80 Å². The molecule has 1 heterocycles. The first-order valence-electron chi connectivity index (χ1n) is 11.5. The molecule has 0 aliphatic carbocycles. The second-order valence-electron chi connectivity index (χ2n) is 8.46. The molecule has 0 radical (unpaired) electrons. The quantitative estimate of drug-likeness (QED) is 0.348. The Kier molecular flexibility index (Phi) is 9.97. The highest BCUT2D eigenvalue weighted by molar-refractivity contribution is 7.81. The Labute approximate surface area is 216 Å². The summed E-state index contributed by atoms with van der Waals surface area (Å²) in [6.45, 7) is 3.92. The lowest BCUT2D eigenvalue weighted by atomic mass is 10.1. The SMILES string of the molecule is COC(=O)C(N)C[C@H](S)C(=O)Nc1ccc(C(=O)N2CCN(CCc3ccc(Cl)cc3)CC2)cc1. The maximum absolute atomic E-state index is 12.9.